The molecule has 4 aromatic rings. The summed E-state index contributed by atoms with van der Waals surface area (Å²) in [4.78, 5) is 15.3. The molecule has 1 aliphatic heterocycles. The van der Waals surface area contributed by atoms with Crippen molar-refractivity contribution in [2.24, 2.45) is 0 Å². The van der Waals surface area contributed by atoms with Crippen molar-refractivity contribution in [1.82, 2.24) is 14.7 Å². The molecule has 0 aliphatic carbocycles. The van der Waals surface area contributed by atoms with Gasteiger partial charge < -0.3 is 0 Å². The topological polar surface area (TPSA) is 38.1 Å². The molecule has 2 heterocycles. The summed E-state index contributed by atoms with van der Waals surface area (Å²) in [5.74, 6) is -0.445. The molecule has 1 amide bonds. The van der Waals surface area contributed by atoms with E-state index in [0.29, 0.717) is 38.2 Å². The van der Waals surface area contributed by atoms with E-state index in [1.807, 2.05) is 72.9 Å². The number of carbonyl (C=O) groups is 1. The van der Waals surface area contributed by atoms with Crippen LogP contribution in [0.3, 0.4) is 0 Å². The molecule has 0 atom stereocenters. The normalized spacial score (nSPS) is 14.9. The number of carbonyl (C=O) groups excluding carboxylic acids is 1. The monoisotopic (exact) mass is 485 g/mol. The quantitative estimate of drug-likeness (QED) is 0.243. The summed E-state index contributed by atoms with van der Waals surface area (Å²) in [6.45, 7) is 2.14. The van der Waals surface area contributed by atoms with E-state index < -0.39 is 0 Å². The van der Waals surface area contributed by atoms with Gasteiger partial charge in [0.1, 0.15) is 15.8 Å². The fourth-order valence-corrected chi connectivity index (χ4v) is 4.96. The minimum atomic E-state index is -0.299. The summed E-state index contributed by atoms with van der Waals surface area (Å²) >= 11 is 6.77. The number of hydrogen-bond donors (Lipinski definition) is 0. The molecule has 4 nitrogen and oxygen atoms in total. The lowest BCUT2D eigenvalue weighted by atomic mass is 10.1. The van der Waals surface area contributed by atoms with Gasteiger partial charge in [-0.3, -0.25) is 9.69 Å². The van der Waals surface area contributed by atoms with E-state index in [1.165, 1.54) is 17.8 Å². The summed E-state index contributed by atoms with van der Waals surface area (Å²) in [6, 6.07) is 24.5. The van der Waals surface area contributed by atoms with Gasteiger partial charge in [-0.25, -0.2) is 9.07 Å². The van der Waals surface area contributed by atoms with Gasteiger partial charge in [-0.1, -0.05) is 84.6 Å². The van der Waals surface area contributed by atoms with Crippen LogP contribution >= 0.6 is 24.0 Å². The third kappa shape index (κ3) is 4.44. The van der Waals surface area contributed by atoms with Crippen LogP contribution in [-0.2, 0) is 11.3 Å². The summed E-state index contributed by atoms with van der Waals surface area (Å²) < 4.78 is 16.6. The molecule has 34 heavy (non-hydrogen) atoms. The van der Waals surface area contributed by atoms with Gasteiger partial charge in [0.25, 0.3) is 5.91 Å². The number of hydrogen-bond acceptors (Lipinski definition) is 4. The van der Waals surface area contributed by atoms with Crippen LogP contribution < -0.4 is 0 Å². The second kappa shape index (κ2) is 9.37. The smallest absolute Gasteiger partial charge is 0.266 e. The van der Waals surface area contributed by atoms with Gasteiger partial charge in [0, 0.05) is 17.3 Å². The fourth-order valence-electron chi connectivity index (χ4n) is 3.71. The molecule has 3 aromatic carbocycles. The van der Waals surface area contributed by atoms with Gasteiger partial charge >= 0.3 is 0 Å². The molecule has 5 rings (SSSR count). The molecule has 0 spiro atoms. The summed E-state index contributed by atoms with van der Waals surface area (Å²) in [5.41, 5.74) is 4.39. The SMILES string of the molecule is Cc1ccc(-c2nn(-c3ccccc3)cc2/C=C2\SC(=S)N(Cc3ccccc3)C2=O)cc1F. The Hall–Kier alpha value is -3.55. The number of aryl methyl sites for hydroxylation is 1. The van der Waals surface area contributed by atoms with E-state index in [-0.39, 0.29) is 11.7 Å². The van der Waals surface area contributed by atoms with Crippen LogP contribution in [0.25, 0.3) is 23.0 Å². The van der Waals surface area contributed by atoms with Gasteiger partial charge in [0.2, 0.25) is 0 Å². The molecular weight excluding hydrogens is 465 g/mol. The Bertz CT molecular complexity index is 1410. The molecule has 0 radical (unpaired) electrons. The lowest BCUT2D eigenvalue weighted by Crippen LogP contribution is -2.27. The second-order valence-electron chi connectivity index (χ2n) is 7.93. The van der Waals surface area contributed by atoms with Crippen LogP contribution in [0.2, 0.25) is 0 Å². The van der Waals surface area contributed by atoms with Crippen molar-refractivity contribution < 1.29 is 9.18 Å². The zero-order chi connectivity index (χ0) is 23.7. The Morgan fingerprint density at radius 2 is 1.74 bits per heavy atom. The van der Waals surface area contributed by atoms with E-state index in [1.54, 1.807) is 28.6 Å². The Kier molecular flexibility index (Phi) is 6.13. The van der Waals surface area contributed by atoms with Crippen LogP contribution in [0.1, 0.15) is 16.7 Å². The molecule has 7 heteroatoms. The highest BCUT2D eigenvalue weighted by molar-refractivity contribution is 8.26. The van der Waals surface area contributed by atoms with Gasteiger partial charge in [0.05, 0.1) is 17.1 Å². The molecule has 1 fully saturated rings. The predicted molar refractivity (Wildman–Crippen MR) is 139 cm³/mol. The van der Waals surface area contributed by atoms with Crippen LogP contribution in [0.4, 0.5) is 4.39 Å². The first-order valence-corrected chi connectivity index (χ1v) is 11.9. The predicted octanol–water partition coefficient (Wildman–Crippen LogP) is 6.39. The van der Waals surface area contributed by atoms with E-state index >= 15 is 0 Å². The molecular formula is C27H20FN3OS2. The van der Waals surface area contributed by atoms with E-state index in [2.05, 4.69) is 0 Å². The number of halogens is 1. The number of nitrogens with zero attached hydrogens (tertiary/aromatic N) is 3. The van der Waals surface area contributed by atoms with Crippen molar-refractivity contribution in [2.45, 2.75) is 13.5 Å². The van der Waals surface area contributed by atoms with Crippen molar-refractivity contribution in [3.05, 3.63) is 112 Å². The second-order valence-corrected chi connectivity index (χ2v) is 9.61. The van der Waals surface area contributed by atoms with Crippen molar-refractivity contribution in [3.63, 3.8) is 0 Å². The lowest BCUT2D eigenvalue weighted by molar-refractivity contribution is -0.122. The first kappa shape index (κ1) is 22.3. The zero-order valence-corrected chi connectivity index (χ0v) is 19.9. The van der Waals surface area contributed by atoms with Crippen molar-refractivity contribution in [1.29, 1.82) is 0 Å². The number of thiocarbonyl (C=S) groups is 1. The maximum absolute atomic E-state index is 14.4. The number of rotatable bonds is 5. The summed E-state index contributed by atoms with van der Waals surface area (Å²) in [7, 11) is 0. The highest BCUT2D eigenvalue weighted by Crippen LogP contribution is 2.36. The molecule has 1 aromatic heterocycles. The third-order valence-corrected chi connectivity index (χ3v) is 6.93. The third-order valence-electron chi connectivity index (χ3n) is 5.55. The highest BCUT2D eigenvalue weighted by atomic mass is 32.2. The first-order chi connectivity index (χ1) is 16.5. The average molecular weight is 486 g/mol. The number of para-hydroxylation sites is 1. The maximum atomic E-state index is 14.4. The Morgan fingerprint density at radius 1 is 1.03 bits per heavy atom. The van der Waals surface area contributed by atoms with E-state index in [4.69, 9.17) is 17.3 Å². The molecule has 0 N–H and O–H groups in total. The molecule has 0 bridgehead atoms. The molecule has 1 aliphatic rings. The fraction of sp³-hybridized carbons (Fsp3) is 0.0741. The van der Waals surface area contributed by atoms with Gasteiger partial charge in [0.15, 0.2) is 0 Å². The minimum Gasteiger partial charge on any atom is -0.288 e. The molecule has 0 saturated carbocycles. The highest BCUT2D eigenvalue weighted by Gasteiger charge is 2.32. The van der Waals surface area contributed by atoms with Gasteiger partial charge in [-0.2, -0.15) is 5.10 Å². The summed E-state index contributed by atoms with van der Waals surface area (Å²) in [6.07, 6.45) is 3.65. The van der Waals surface area contributed by atoms with Crippen LogP contribution in [-0.4, -0.2) is 24.9 Å². The first-order valence-electron chi connectivity index (χ1n) is 10.7. The minimum absolute atomic E-state index is 0.146. The standard InChI is InChI=1S/C27H20FN3OS2/c1-18-12-13-20(14-23(18)28)25-21(17-31(29-25)22-10-6-3-7-11-22)15-24-26(32)30(27(33)34-24)16-19-8-4-2-5-9-19/h2-15,17H,16H2,1H3/b24-15-. The number of benzene rings is 3. The average Bonchev–Trinajstić information content (AvgIpc) is 3.39. The van der Waals surface area contributed by atoms with Crippen molar-refractivity contribution in [3.8, 4) is 16.9 Å². The van der Waals surface area contributed by atoms with Crippen LogP contribution in [0.5, 0.6) is 0 Å². The molecule has 168 valence electrons. The van der Waals surface area contributed by atoms with E-state index in [0.717, 1.165) is 11.3 Å². The number of thioether (sulfide) groups is 1. The van der Waals surface area contributed by atoms with Crippen molar-refractivity contribution in [2.75, 3.05) is 0 Å². The molecule has 0 unspecified atom stereocenters. The molecule has 1 saturated heterocycles. The Labute approximate surface area is 206 Å². The van der Waals surface area contributed by atoms with Gasteiger partial charge in [-0.05, 0) is 42.3 Å². The zero-order valence-electron chi connectivity index (χ0n) is 18.3. The Morgan fingerprint density at radius 3 is 2.44 bits per heavy atom. The lowest BCUT2D eigenvalue weighted by Gasteiger charge is -2.14. The maximum Gasteiger partial charge on any atom is 0.266 e. The van der Waals surface area contributed by atoms with Crippen molar-refractivity contribution >= 4 is 40.3 Å². The summed E-state index contributed by atoms with van der Waals surface area (Å²) in [5, 5.41) is 4.73. The number of aromatic nitrogens is 2. The Balaban J connectivity index is 1.54. The van der Waals surface area contributed by atoms with Crippen LogP contribution in [0.15, 0.2) is 90.0 Å². The van der Waals surface area contributed by atoms with E-state index in [9.17, 15) is 9.18 Å². The number of amides is 1. The van der Waals surface area contributed by atoms with Crippen LogP contribution in [0, 0.1) is 12.7 Å². The van der Waals surface area contributed by atoms with Gasteiger partial charge in [-0.15, -0.1) is 0 Å². The largest absolute Gasteiger partial charge is 0.288 e.